The third-order valence-electron chi connectivity index (χ3n) is 5.78. The highest BCUT2D eigenvalue weighted by Gasteiger charge is 2.32. The van der Waals surface area contributed by atoms with Gasteiger partial charge in [0.15, 0.2) is 0 Å². The van der Waals surface area contributed by atoms with Gasteiger partial charge in [-0.2, -0.15) is 0 Å². The zero-order valence-electron chi connectivity index (χ0n) is 13.9. The summed E-state index contributed by atoms with van der Waals surface area (Å²) in [5.74, 6) is 1.96. The fourth-order valence-corrected chi connectivity index (χ4v) is 4.22. The second-order valence-corrected chi connectivity index (χ2v) is 7.40. The lowest BCUT2D eigenvalue weighted by Gasteiger charge is -2.32. The minimum absolute atomic E-state index is 0. The van der Waals surface area contributed by atoms with Gasteiger partial charge in [-0.25, -0.2) is 0 Å². The molecule has 0 bridgehead atoms. The molecule has 1 saturated carbocycles. The van der Waals surface area contributed by atoms with Gasteiger partial charge in [-0.05, 0) is 31.1 Å². The van der Waals surface area contributed by atoms with Gasteiger partial charge in [0.05, 0.1) is 0 Å². The summed E-state index contributed by atoms with van der Waals surface area (Å²) in [6.07, 6.45) is 7.15. The first-order valence-electron chi connectivity index (χ1n) is 8.95. The van der Waals surface area contributed by atoms with Crippen molar-refractivity contribution in [3.05, 3.63) is 0 Å². The maximum atomic E-state index is 12.5. The summed E-state index contributed by atoms with van der Waals surface area (Å²) in [5.41, 5.74) is 0. The molecule has 0 aromatic carbocycles. The van der Waals surface area contributed by atoms with E-state index in [1.54, 1.807) is 0 Å². The van der Waals surface area contributed by atoms with Gasteiger partial charge >= 0.3 is 0 Å². The van der Waals surface area contributed by atoms with Crippen LogP contribution in [0.1, 0.15) is 45.4 Å². The summed E-state index contributed by atoms with van der Waals surface area (Å²) >= 11 is 0. The normalized spacial score (nSPS) is 33.5. The number of piperazine rings is 1. The molecule has 1 unspecified atom stereocenters. The number of halogens is 1. The van der Waals surface area contributed by atoms with Crippen LogP contribution in [0.15, 0.2) is 0 Å². The van der Waals surface area contributed by atoms with Crippen LogP contribution in [0.4, 0.5) is 0 Å². The number of hydrogen-bond acceptors (Lipinski definition) is 3. The van der Waals surface area contributed by atoms with Crippen molar-refractivity contribution in [2.45, 2.75) is 51.5 Å². The van der Waals surface area contributed by atoms with Crippen LogP contribution < -0.4 is 5.32 Å². The van der Waals surface area contributed by atoms with Crippen molar-refractivity contribution >= 4 is 18.3 Å². The third-order valence-corrected chi connectivity index (χ3v) is 5.78. The quantitative estimate of drug-likeness (QED) is 0.861. The maximum Gasteiger partial charge on any atom is 0.222 e. The lowest BCUT2D eigenvalue weighted by atomic mass is 9.81. The lowest BCUT2D eigenvalue weighted by Crippen LogP contribution is -2.49. The number of amides is 1. The van der Waals surface area contributed by atoms with Crippen LogP contribution in [-0.2, 0) is 4.79 Å². The van der Waals surface area contributed by atoms with Crippen LogP contribution in [0.25, 0.3) is 0 Å². The van der Waals surface area contributed by atoms with Crippen molar-refractivity contribution in [3.8, 4) is 0 Å². The topological polar surface area (TPSA) is 35.6 Å². The summed E-state index contributed by atoms with van der Waals surface area (Å²) in [4.78, 5) is 17.2. The fraction of sp³-hybridized carbons (Fsp3) is 0.941. The first-order chi connectivity index (χ1) is 10.2. The number of hydrogen-bond donors (Lipinski definition) is 1. The number of rotatable bonds is 3. The molecule has 3 rings (SSSR count). The van der Waals surface area contributed by atoms with E-state index in [-0.39, 0.29) is 12.4 Å². The van der Waals surface area contributed by atoms with Crippen molar-refractivity contribution in [1.82, 2.24) is 15.1 Å². The molecule has 2 saturated heterocycles. The standard InChI is InChI=1S/C17H31N3O.ClH/c1-14-2-4-15(5-3-14)12-17(21)20-9-6-16(13-20)19-10-7-18-8-11-19;/h14-16,18H,2-13H2,1H3;1H. The molecule has 3 fully saturated rings. The van der Waals surface area contributed by atoms with Gasteiger partial charge in [0.1, 0.15) is 0 Å². The molecule has 2 aliphatic heterocycles. The Labute approximate surface area is 141 Å². The molecule has 5 heteroatoms. The Morgan fingerprint density at radius 1 is 1.05 bits per heavy atom. The van der Waals surface area contributed by atoms with Crippen molar-refractivity contribution in [1.29, 1.82) is 0 Å². The van der Waals surface area contributed by atoms with Crippen molar-refractivity contribution in [2.24, 2.45) is 11.8 Å². The van der Waals surface area contributed by atoms with Crippen molar-refractivity contribution in [2.75, 3.05) is 39.3 Å². The second-order valence-electron chi connectivity index (χ2n) is 7.40. The zero-order chi connectivity index (χ0) is 14.7. The average Bonchev–Trinajstić information content (AvgIpc) is 3.00. The molecule has 2 heterocycles. The number of carbonyl (C=O) groups is 1. The lowest BCUT2D eigenvalue weighted by molar-refractivity contribution is -0.131. The van der Waals surface area contributed by atoms with Gasteiger partial charge in [-0.15, -0.1) is 12.4 Å². The molecule has 1 N–H and O–H groups in total. The van der Waals surface area contributed by atoms with Crippen LogP contribution in [0, 0.1) is 11.8 Å². The maximum absolute atomic E-state index is 12.5. The van der Waals surface area contributed by atoms with E-state index in [1.165, 1.54) is 32.1 Å². The molecular formula is C17H32ClN3O. The van der Waals surface area contributed by atoms with E-state index in [9.17, 15) is 4.79 Å². The van der Waals surface area contributed by atoms with E-state index in [0.29, 0.717) is 17.9 Å². The molecule has 0 radical (unpaired) electrons. The van der Waals surface area contributed by atoms with Gasteiger partial charge in [0, 0.05) is 51.7 Å². The van der Waals surface area contributed by atoms with E-state index in [2.05, 4.69) is 22.0 Å². The summed E-state index contributed by atoms with van der Waals surface area (Å²) in [6, 6.07) is 0.613. The largest absolute Gasteiger partial charge is 0.341 e. The minimum Gasteiger partial charge on any atom is -0.341 e. The first kappa shape index (κ1) is 18.0. The number of nitrogens with zero attached hydrogens (tertiary/aromatic N) is 2. The van der Waals surface area contributed by atoms with Gasteiger partial charge in [-0.3, -0.25) is 9.69 Å². The monoisotopic (exact) mass is 329 g/mol. The molecule has 128 valence electrons. The van der Waals surface area contributed by atoms with Gasteiger partial charge in [0.2, 0.25) is 5.91 Å². The summed E-state index contributed by atoms with van der Waals surface area (Å²) in [7, 11) is 0. The van der Waals surface area contributed by atoms with Crippen molar-refractivity contribution in [3.63, 3.8) is 0 Å². The van der Waals surface area contributed by atoms with Gasteiger partial charge < -0.3 is 10.2 Å². The number of nitrogens with one attached hydrogen (secondary N) is 1. The van der Waals surface area contributed by atoms with Crippen LogP contribution in [0.5, 0.6) is 0 Å². The predicted octanol–water partition coefficient (Wildman–Crippen LogP) is 2.13. The summed E-state index contributed by atoms with van der Waals surface area (Å²) in [5, 5.41) is 3.41. The molecule has 0 spiro atoms. The molecule has 4 nitrogen and oxygen atoms in total. The van der Waals surface area contributed by atoms with E-state index in [4.69, 9.17) is 0 Å². The Morgan fingerprint density at radius 2 is 1.73 bits per heavy atom. The smallest absolute Gasteiger partial charge is 0.222 e. The summed E-state index contributed by atoms with van der Waals surface area (Å²) in [6.45, 7) is 8.80. The predicted molar refractivity (Wildman–Crippen MR) is 92.4 cm³/mol. The van der Waals surface area contributed by atoms with Crippen molar-refractivity contribution < 1.29 is 4.79 Å². The molecular weight excluding hydrogens is 298 g/mol. The van der Waals surface area contributed by atoms with E-state index in [1.807, 2.05) is 0 Å². The van der Waals surface area contributed by atoms with Crippen LogP contribution >= 0.6 is 12.4 Å². The zero-order valence-corrected chi connectivity index (χ0v) is 14.7. The Morgan fingerprint density at radius 3 is 2.41 bits per heavy atom. The van der Waals surface area contributed by atoms with E-state index < -0.39 is 0 Å². The highest BCUT2D eigenvalue weighted by atomic mass is 35.5. The van der Waals surface area contributed by atoms with Crippen LogP contribution in [-0.4, -0.2) is 61.0 Å². The van der Waals surface area contributed by atoms with Gasteiger partial charge in [-0.1, -0.05) is 19.8 Å². The van der Waals surface area contributed by atoms with E-state index in [0.717, 1.165) is 51.6 Å². The van der Waals surface area contributed by atoms with Gasteiger partial charge in [0.25, 0.3) is 0 Å². The highest BCUT2D eigenvalue weighted by molar-refractivity contribution is 5.85. The minimum atomic E-state index is 0. The SMILES string of the molecule is CC1CCC(CC(=O)N2CCC(N3CCNCC3)C2)CC1.Cl. The molecule has 0 aromatic heterocycles. The molecule has 3 aliphatic rings. The Bertz CT molecular complexity index is 352. The van der Waals surface area contributed by atoms with Crippen LogP contribution in [0.3, 0.4) is 0 Å². The Kier molecular flexibility index (Phi) is 6.97. The molecule has 1 atom stereocenters. The molecule has 1 amide bonds. The second kappa shape index (κ2) is 8.51. The molecule has 1 aliphatic carbocycles. The third kappa shape index (κ3) is 4.59. The fourth-order valence-electron chi connectivity index (χ4n) is 4.22. The highest BCUT2D eigenvalue weighted by Crippen LogP contribution is 2.31. The summed E-state index contributed by atoms with van der Waals surface area (Å²) < 4.78 is 0. The van der Waals surface area contributed by atoms with Crippen LogP contribution in [0.2, 0.25) is 0 Å². The number of likely N-dealkylation sites (tertiary alicyclic amines) is 1. The van der Waals surface area contributed by atoms with E-state index >= 15 is 0 Å². The number of carbonyl (C=O) groups excluding carboxylic acids is 1. The Hall–Kier alpha value is -0.320. The average molecular weight is 330 g/mol. The molecule has 0 aromatic rings. The Balaban J connectivity index is 0.00000176. The first-order valence-corrected chi connectivity index (χ1v) is 8.95. The molecule has 22 heavy (non-hydrogen) atoms.